The predicted octanol–water partition coefficient (Wildman–Crippen LogP) is 0.837. The molecule has 0 aromatic carbocycles. The summed E-state index contributed by atoms with van der Waals surface area (Å²) in [5, 5.41) is 0.727. The second kappa shape index (κ2) is 2.72. The van der Waals surface area contributed by atoms with Gasteiger partial charge in [-0.15, -0.1) is 0 Å². The van der Waals surface area contributed by atoms with Gasteiger partial charge in [0.25, 0.3) is 0 Å². The third-order valence-corrected chi connectivity index (χ3v) is 1.93. The average Bonchev–Trinajstić information content (AvgIpc) is 1.80. The van der Waals surface area contributed by atoms with E-state index in [-0.39, 0.29) is 0 Å². The summed E-state index contributed by atoms with van der Waals surface area (Å²) in [5.41, 5.74) is 0.884. The van der Waals surface area contributed by atoms with Crippen LogP contribution in [0.25, 0.3) is 0 Å². The Kier molecular flexibility index (Phi) is 2.15. The number of aryl methyl sites for hydroxylation is 1. The Morgan fingerprint density at radius 2 is 2.22 bits per heavy atom. The van der Waals surface area contributed by atoms with Crippen LogP contribution in [-0.2, 0) is 0 Å². The van der Waals surface area contributed by atoms with Crippen molar-refractivity contribution in [1.29, 1.82) is 0 Å². The van der Waals surface area contributed by atoms with Crippen LogP contribution in [0, 0.1) is 6.92 Å². The first kappa shape index (κ1) is 7.11. The van der Waals surface area contributed by atoms with Crippen molar-refractivity contribution in [2.24, 2.45) is 0 Å². The van der Waals surface area contributed by atoms with Crippen molar-refractivity contribution >= 4 is 32.9 Å². The van der Waals surface area contributed by atoms with Gasteiger partial charge in [-0.05, 0) is 0 Å². The molecule has 9 heavy (non-hydrogen) atoms. The normalized spacial score (nSPS) is 9.67. The van der Waals surface area contributed by atoms with Crippen LogP contribution in [0.2, 0.25) is 5.02 Å². The summed E-state index contributed by atoms with van der Waals surface area (Å²) in [6.45, 7) is 1.89. The van der Waals surface area contributed by atoms with Gasteiger partial charge in [-0.3, -0.25) is 0 Å². The maximum atomic E-state index is 5.71. The molecule has 1 aromatic rings. The molecule has 0 saturated heterocycles. The molecule has 2 radical (unpaired) electrons. The van der Waals surface area contributed by atoms with E-state index in [2.05, 4.69) is 21.8 Å². The molecular formula is C6H5AsClN. The van der Waals surface area contributed by atoms with Gasteiger partial charge in [-0.25, -0.2) is 0 Å². The number of rotatable bonds is 0. The Morgan fingerprint density at radius 3 is 2.67 bits per heavy atom. The van der Waals surface area contributed by atoms with Gasteiger partial charge in [0.2, 0.25) is 0 Å². The fraction of sp³-hybridized carbons (Fsp3) is 0.167. The quantitative estimate of drug-likeness (QED) is 0.567. The van der Waals surface area contributed by atoms with Crippen molar-refractivity contribution in [3.8, 4) is 0 Å². The van der Waals surface area contributed by atoms with Crippen LogP contribution in [0.1, 0.15) is 5.69 Å². The fourth-order valence-corrected chi connectivity index (χ4v) is 1.11. The van der Waals surface area contributed by atoms with E-state index in [1.54, 1.807) is 0 Å². The number of aromatic nitrogens is 1. The molecule has 1 rings (SSSR count). The first-order valence-corrected chi connectivity index (χ1v) is 3.84. The van der Waals surface area contributed by atoms with E-state index >= 15 is 0 Å². The van der Waals surface area contributed by atoms with Gasteiger partial charge >= 0.3 is 67.7 Å². The van der Waals surface area contributed by atoms with E-state index < -0.39 is 0 Å². The molecule has 3 heteroatoms. The molecule has 0 aliphatic heterocycles. The summed E-state index contributed by atoms with van der Waals surface area (Å²) in [7, 11) is 0. The maximum absolute atomic E-state index is 5.71. The average molecular weight is 201 g/mol. The summed E-state index contributed by atoms with van der Waals surface area (Å²) in [5.74, 6) is 0. The summed E-state index contributed by atoms with van der Waals surface area (Å²) < 4.78 is 0.949. The van der Waals surface area contributed by atoms with E-state index in [1.165, 1.54) is 0 Å². The van der Waals surface area contributed by atoms with Gasteiger partial charge in [-0.1, -0.05) is 0 Å². The summed E-state index contributed by atoms with van der Waals surface area (Å²) in [6, 6.07) is 3.72. The molecule has 0 fully saturated rings. The SMILES string of the molecule is Cc1nc([As])ccc1Cl. The monoisotopic (exact) mass is 201 g/mol. The van der Waals surface area contributed by atoms with Crippen LogP contribution < -0.4 is 4.48 Å². The molecule has 0 aliphatic carbocycles. The zero-order valence-corrected chi connectivity index (χ0v) is 7.56. The molecule has 0 aliphatic rings. The minimum atomic E-state index is 0.727. The van der Waals surface area contributed by atoms with Crippen LogP contribution in [-0.4, -0.2) is 21.8 Å². The van der Waals surface area contributed by atoms with Crippen LogP contribution in [0.5, 0.6) is 0 Å². The number of hydrogen-bond donors (Lipinski definition) is 0. The minimum absolute atomic E-state index is 0.727. The molecule has 1 nitrogen and oxygen atoms in total. The second-order valence-corrected chi connectivity index (χ2v) is 3.11. The Hall–Kier alpha value is -0.00156. The van der Waals surface area contributed by atoms with E-state index in [0.717, 1.165) is 15.2 Å². The van der Waals surface area contributed by atoms with Crippen LogP contribution >= 0.6 is 11.6 Å². The van der Waals surface area contributed by atoms with Crippen LogP contribution in [0.15, 0.2) is 12.1 Å². The molecule has 0 bridgehead atoms. The zero-order chi connectivity index (χ0) is 6.85. The van der Waals surface area contributed by atoms with E-state index in [9.17, 15) is 0 Å². The first-order chi connectivity index (χ1) is 4.20. The third-order valence-electron chi connectivity index (χ3n) is 1.01. The van der Waals surface area contributed by atoms with Gasteiger partial charge in [0.1, 0.15) is 0 Å². The predicted molar refractivity (Wildman–Crippen MR) is 39.4 cm³/mol. The van der Waals surface area contributed by atoms with E-state index in [4.69, 9.17) is 11.6 Å². The van der Waals surface area contributed by atoms with Crippen molar-refractivity contribution in [2.75, 3.05) is 0 Å². The van der Waals surface area contributed by atoms with E-state index in [0.29, 0.717) is 0 Å². The topological polar surface area (TPSA) is 12.9 Å². The van der Waals surface area contributed by atoms with Gasteiger partial charge < -0.3 is 0 Å². The number of hydrogen-bond acceptors (Lipinski definition) is 1. The van der Waals surface area contributed by atoms with E-state index in [1.807, 2.05) is 19.1 Å². The fourth-order valence-electron chi connectivity index (χ4n) is 0.531. The molecule has 0 amide bonds. The molecule has 0 saturated carbocycles. The molecular weight excluding hydrogens is 196 g/mol. The van der Waals surface area contributed by atoms with Crippen molar-refractivity contribution in [3.05, 3.63) is 22.8 Å². The van der Waals surface area contributed by atoms with Crippen LogP contribution in [0.4, 0.5) is 0 Å². The van der Waals surface area contributed by atoms with Crippen molar-refractivity contribution in [1.82, 2.24) is 4.98 Å². The number of pyridine rings is 1. The van der Waals surface area contributed by atoms with Crippen molar-refractivity contribution in [3.63, 3.8) is 0 Å². The van der Waals surface area contributed by atoms with Crippen molar-refractivity contribution < 1.29 is 0 Å². The Bertz CT molecular complexity index is 224. The van der Waals surface area contributed by atoms with Crippen LogP contribution in [0.3, 0.4) is 0 Å². The molecule has 1 heterocycles. The molecule has 0 N–H and O–H groups in total. The first-order valence-electron chi connectivity index (χ1n) is 2.52. The number of halogens is 1. The van der Waals surface area contributed by atoms with Gasteiger partial charge in [-0.2, -0.15) is 0 Å². The molecule has 46 valence electrons. The Morgan fingerprint density at radius 1 is 1.56 bits per heavy atom. The molecule has 0 unspecified atom stereocenters. The van der Waals surface area contributed by atoms with Gasteiger partial charge in [0.15, 0.2) is 0 Å². The standard InChI is InChI=1S/C6H5AsClN/c1-4-5(8)2-3-6(7)9-4/h2-3H,1H3. The summed E-state index contributed by atoms with van der Waals surface area (Å²) >= 11 is 8.09. The Labute approximate surface area is 67.9 Å². The number of nitrogens with zero attached hydrogens (tertiary/aromatic N) is 1. The zero-order valence-electron chi connectivity index (χ0n) is 4.93. The van der Waals surface area contributed by atoms with Gasteiger partial charge in [0.05, 0.1) is 0 Å². The second-order valence-electron chi connectivity index (χ2n) is 1.74. The summed E-state index contributed by atoms with van der Waals surface area (Å²) in [4.78, 5) is 4.11. The molecule has 0 spiro atoms. The molecule has 0 atom stereocenters. The van der Waals surface area contributed by atoms with Crippen molar-refractivity contribution in [2.45, 2.75) is 6.92 Å². The molecule has 1 aromatic heterocycles. The summed E-state index contributed by atoms with van der Waals surface area (Å²) in [6.07, 6.45) is 0. The Balaban J connectivity index is 3.17. The third kappa shape index (κ3) is 1.70. The van der Waals surface area contributed by atoms with Gasteiger partial charge in [0, 0.05) is 0 Å².